The second-order valence-corrected chi connectivity index (χ2v) is 15.5. The van der Waals surface area contributed by atoms with E-state index in [1.165, 1.54) is 24.2 Å². The lowest BCUT2D eigenvalue weighted by Crippen LogP contribution is -2.51. The lowest BCUT2D eigenvalue weighted by molar-refractivity contribution is -0.140. The Morgan fingerprint density at radius 2 is 1.02 bits per heavy atom. The number of ether oxygens (including phenoxy) is 8. The number of hydrogen-bond donors (Lipinski definition) is 3. The van der Waals surface area contributed by atoms with Crippen LogP contribution in [0.5, 0.6) is 0 Å². The average molecular weight is 845 g/mol. The minimum Gasteiger partial charge on any atom is -0.379 e. The van der Waals surface area contributed by atoms with Crippen LogP contribution in [-0.4, -0.2) is 165 Å². The van der Waals surface area contributed by atoms with E-state index in [-0.39, 0.29) is 85.7 Å². The van der Waals surface area contributed by atoms with E-state index in [4.69, 9.17) is 37.9 Å². The van der Waals surface area contributed by atoms with Crippen molar-refractivity contribution in [1.82, 2.24) is 20.9 Å². The van der Waals surface area contributed by atoms with Gasteiger partial charge in [-0.05, 0) is 38.5 Å². The van der Waals surface area contributed by atoms with Crippen LogP contribution in [-0.2, 0) is 61.9 Å². The topological polar surface area (TPSA) is 199 Å². The molecule has 2 aliphatic rings. The van der Waals surface area contributed by atoms with Gasteiger partial charge in [0.05, 0.1) is 112 Å². The molecule has 59 heavy (non-hydrogen) atoms. The molecule has 17 heteroatoms. The van der Waals surface area contributed by atoms with E-state index in [2.05, 4.69) is 16.0 Å². The summed E-state index contributed by atoms with van der Waals surface area (Å²) in [6.45, 7) is 14.6. The van der Waals surface area contributed by atoms with E-state index in [1.54, 1.807) is 0 Å². The first-order valence-corrected chi connectivity index (χ1v) is 21.9. The quantitative estimate of drug-likeness (QED) is 0.0622. The van der Waals surface area contributed by atoms with Crippen molar-refractivity contribution in [3.8, 4) is 0 Å². The van der Waals surface area contributed by atoms with Crippen molar-refractivity contribution in [1.29, 1.82) is 0 Å². The normalized spacial score (nSPS) is 17.1. The number of hydrogen-bond acceptors (Lipinski definition) is 13. The molecule has 0 aromatic rings. The van der Waals surface area contributed by atoms with Gasteiger partial charge in [-0.25, -0.2) is 0 Å². The standard InChI is InChI=1S/C42H76N4O13/c1-33(2)40(41(50)44-34(3)4)45-38(48)13-16-52-18-20-54-22-24-56-26-28-58-30-31-59-29-27-57-25-23-55-21-19-53-17-14-43-37(47)12-15-46-39(49)32-36(42(46)51)35-10-8-6-5-7-9-11-35/h33-36,40H,5-32H2,1-4H3,(H,43,47)(H,44,50)(H,45,48)/t36?,40-/m0/s1. The minimum absolute atomic E-state index is 0.00603. The molecule has 3 N–H and O–H groups in total. The third-order valence-electron chi connectivity index (χ3n) is 9.90. The second kappa shape index (κ2) is 33.9. The minimum atomic E-state index is -0.573. The van der Waals surface area contributed by atoms with Crippen LogP contribution in [0.1, 0.15) is 91.9 Å². The lowest BCUT2D eigenvalue weighted by Gasteiger charge is -2.24. The highest BCUT2D eigenvalue weighted by Crippen LogP contribution is 2.35. The monoisotopic (exact) mass is 845 g/mol. The Hall–Kier alpha value is -2.77. The summed E-state index contributed by atoms with van der Waals surface area (Å²) in [5, 5.41) is 8.40. The SMILES string of the molecule is CC(C)NC(=O)[C@@H](NC(=O)CCOCCOCCOCCOCCOCCOCCOCCOCCNC(=O)CCN1C(=O)CC(C2CCCCCCC2)C1=O)C(C)C. The van der Waals surface area contributed by atoms with Gasteiger partial charge in [-0.1, -0.05) is 46.0 Å². The molecule has 0 bridgehead atoms. The van der Waals surface area contributed by atoms with Crippen molar-refractivity contribution in [2.75, 3.05) is 119 Å². The van der Waals surface area contributed by atoms with Crippen molar-refractivity contribution in [3.63, 3.8) is 0 Å². The number of carbonyl (C=O) groups is 5. The molecule has 2 rings (SSSR count). The largest absolute Gasteiger partial charge is 0.379 e. The van der Waals surface area contributed by atoms with E-state index in [0.717, 1.165) is 25.7 Å². The first-order chi connectivity index (χ1) is 28.6. The number of likely N-dealkylation sites (tertiary alicyclic amines) is 1. The van der Waals surface area contributed by atoms with Crippen molar-refractivity contribution in [2.45, 2.75) is 104 Å². The summed E-state index contributed by atoms with van der Waals surface area (Å²) in [4.78, 5) is 63.5. The second-order valence-electron chi connectivity index (χ2n) is 15.5. The lowest BCUT2D eigenvalue weighted by atomic mass is 9.81. The number of amides is 5. The molecule has 1 aliphatic carbocycles. The Kier molecular flexibility index (Phi) is 30.1. The Morgan fingerprint density at radius 3 is 1.47 bits per heavy atom. The molecule has 1 saturated heterocycles. The molecule has 0 radical (unpaired) electrons. The van der Waals surface area contributed by atoms with Crippen LogP contribution >= 0.6 is 0 Å². The number of rotatable bonds is 35. The zero-order valence-electron chi connectivity index (χ0n) is 36.4. The van der Waals surface area contributed by atoms with Gasteiger partial charge >= 0.3 is 0 Å². The van der Waals surface area contributed by atoms with Gasteiger partial charge in [0.25, 0.3) is 0 Å². The predicted octanol–water partition coefficient (Wildman–Crippen LogP) is 2.42. The first-order valence-electron chi connectivity index (χ1n) is 21.9. The van der Waals surface area contributed by atoms with Crippen molar-refractivity contribution < 1.29 is 61.9 Å². The third kappa shape index (κ3) is 25.6. The molecular formula is C42H76N4O13. The van der Waals surface area contributed by atoms with E-state index in [1.807, 2.05) is 27.7 Å². The van der Waals surface area contributed by atoms with E-state index < -0.39 is 6.04 Å². The molecule has 1 saturated carbocycles. The van der Waals surface area contributed by atoms with E-state index >= 15 is 0 Å². The molecular weight excluding hydrogens is 768 g/mol. The van der Waals surface area contributed by atoms with Gasteiger partial charge in [-0.3, -0.25) is 28.9 Å². The highest BCUT2D eigenvalue weighted by Gasteiger charge is 2.42. The van der Waals surface area contributed by atoms with Crippen LogP contribution in [0.2, 0.25) is 0 Å². The molecule has 2 atom stereocenters. The van der Waals surface area contributed by atoms with Gasteiger partial charge in [0, 0.05) is 38.4 Å². The van der Waals surface area contributed by atoms with Gasteiger partial charge in [0.1, 0.15) is 6.04 Å². The highest BCUT2D eigenvalue weighted by molar-refractivity contribution is 6.04. The van der Waals surface area contributed by atoms with Crippen LogP contribution in [0.25, 0.3) is 0 Å². The number of carbonyl (C=O) groups excluding carboxylic acids is 5. The van der Waals surface area contributed by atoms with Crippen LogP contribution in [0.3, 0.4) is 0 Å². The molecule has 17 nitrogen and oxygen atoms in total. The van der Waals surface area contributed by atoms with Gasteiger partial charge in [-0.2, -0.15) is 0 Å². The highest BCUT2D eigenvalue weighted by atomic mass is 16.6. The molecule has 0 spiro atoms. The molecule has 2 fully saturated rings. The Balaban J connectivity index is 1.26. The zero-order chi connectivity index (χ0) is 42.9. The third-order valence-corrected chi connectivity index (χ3v) is 9.90. The van der Waals surface area contributed by atoms with Crippen LogP contribution < -0.4 is 16.0 Å². The van der Waals surface area contributed by atoms with Crippen molar-refractivity contribution in [3.05, 3.63) is 0 Å². The molecule has 0 aromatic carbocycles. The van der Waals surface area contributed by atoms with E-state index in [0.29, 0.717) is 106 Å². The van der Waals surface area contributed by atoms with Gasteiger partial charge < -0.3 is 53.8 Å². The molecule has 0 aromatic heterocycles. The molecule has 1 unspecified atom stereocenters. The average Bonchev–Trinajstić information content (AvgIpc) is 3.46. The summed E-state index contributed by atoms with van der Waals surface area (Å²) in [6, 6.07) is -0.567. The summed E-state index contributed by atoms with van der Waals surface area (Å²) >= 11 is 0. The van der Waals surface area contributed by atoms with Crippen LogP contribution in [0.15, 0.2) is 0 Å². The fourth-order valence-corrected chi connectivity index (χ4v) is 6.73. The first kappa shape index (κ1) is 52.4. The summed E-state index contributed by atoms with van der Waals surface area (Å²) in [6.07, 6.45) is 8.48. The predicted molar refractivity (Wildman–Crippen MR) is 219 cm³/mol. The van der Waals surface area contributed by atoms with Crippen molar-refractivity contribution in [2.24, 2.45) is 17.8 Å². The zero-order valence-corrected chi connectivity index (χ0v) is 36.4. The van der Waals surface area contributed by atoms with Crippen molar-refractivity contribution >= 4 is 29.5 Å². The fourth-order valence-electron chi connectivity index (χ4n) is 6.73. The van der Waals surface area contributed by atoms with Gasteiger partial charge in [0.2, 0.25) is 29.5 Å². The Morgan fingerprint density at radius 1 is 0.576 bits per heavy atom. The number of nitrogens with one attached hydrogen (secondary N) is 3. The number of imide groups is 1. The smallest absolute Gasteiger partial charge is 0.243 e. The maximum Gasteiger partial charge on any atom is 0.243 e. The summed E-state index contributed by atoms with van der Waals surface area (Å²) in [5.74, 6) is -0.816. The maximum atomic E-state index is 13.0. The van der Waals surface area contributed by atoms with Crippen LogP contribution in [0, 0.1) is 17.8 Å². The summed E-state index contributed by atoms with van der Waals surface area (Å²) in [5.41, 5.74) is 0. The van der Waals surface area contributed by atoms with Crippen LogP contribution in [0.4, 0.5) is 0 Å². The summed E-state index contributed by atoms with van der Waals surface area (Å²) in [7, 11) is 0. The Bertz CT molecular complexity index is 1150. The molecule has 1 heterocycles. The fraction of sp³-hybridized carbons (Fsp3) is 0.881. The number of nitrogens with zero attached hydrogens (tertiary/aromatic N) is 1. The molecule has 5 amide bonds. The molecule has 342 valence electrons. The summed E-state index contributed by atoms with van der Waals surface area (Å²) < 4.78 is 43.9. The molecule has 1 aliphatic heterocycles. The van der Waals surface area contributed by atoms with Gasteiger partial charge in [-0.15, -0.1) is 0 Å². The Labute approximate surface area is 352 Å². The maximum absolute atomic E-state index is 13.0. The van der Waals surface area contributed by atoms with E-state index in [9.17, 15) is 24.0 Å². The van der Waals surface area contributed by atoms with Gasteiger partial charge in [0.15, 0.2) is 0 Å².